The third-order valence-electron chi connectivity index (χ3n) is 4.69. The molecule has 0 aliphatic carbocycles. The second kappa shape index (κ2) is 6.37. The molecule has 5 nitrogen and oxygen atoms in total. The molecule has 2 fully saturated rings. The molecule has 0 radical (unpaired) electrons. The predicted octanol–water partition coefficient (Wildman–Crippen LogP) is 2.26. The Morgan fingerprint density at radius 1 is 1.26 bits per heavy atom. The van der Waals surface area contributed by atoms with Gasteiger partial charge in [-0.1, -0.05) is 0 Å². The van der Waals surface area contributed by atoms with Crippen LogP contribution in [0.25, 0.3) is 0 Å². The summed E-state index contributed by atoms with van der Waals surface area (Å²) in [6.45, 7) is 3.69. The number of halogens is 2. The Kier molecular flexibility index (Phi) is 4.46. The molecule has 126 valence electrons. The number of carbonyl (C=O) groups excluding carboxylic acids is 1. The number of aryl methyl sites for hydroxylation is 1. The number of alkyl halides is 2. The fourth-order valence-electron chi connectivity index (χ4n) is 3.31. The minimum atomic E-state index is -2.62. The first-order valence-corrected chi connectivity index (χ1v) is 8.15. The van der Waals surface area contributed by atoms with Crippen LogP contribution in [-0.2, 0) is 4.79 Å². The highest BCUT2D eigenvalue weighted by atomic mass is 19.3. The van der Waals surface area contributed by atoms with Crippen molar-refractivity contribution in [2.75, 3.05) is 31.1 Å². The molecule has 1 aromatic heterocycles. The lowest BCUT2D eigenvalue weighted by molar-refractivity contribution is -0.141. The zero-order valence-corrected chi connectivity index (χ0v) is 13.3. The van der Waals surface area contributed by atoms with E-state index in [1.165, 1.54) is 6.33 Å². The van der Waals surface area contributed by atoms with Crippen molar-refractivity contribution in [2.45, 2.75) is 38.5 Å². The summed E-state index contributed by atoms with van der Waals surface area (Å²) >= 11 is 0. The Hall–Kier alpha value is -1.79. The third kappa shape index (κ3) is 3.76. The Bertz CT molecular complexity index is 571. The van der Waals surface area contributed by atoms with Gasteiger partial charge in [0.05, 0.1) is 5.92 Å². The van der Waals surface area contributed by atoms with Crippen molar-refractivity contribution in [3.63, 3.8) is 0 Å². The van der Waals surface area contributed by atoms with E-state index in [9.17, 15) is 13.6 Å². The summed E-state index contributed by atoms with van der Waals surface area (Å²) in [7, 11) is 0. The van der Waals surface area contributed by atoms with Crippen LogP contribution in [0.3, 0.4) is 0 Å². The Balaban J connectivity index is 1.63. The highest BCUT2D eigenvalue weighted by Crippen LogP contribution is 2.30. The molecule has 7 heteroatoms. The molecule has 1 atom stereocenters. The van der Waals surface area contributed by atoms with Gasteiger partial charge < -0.3 is 9.80 Å². The van der Waals surface area contributed by atoms with Crippen molar-refractivity contribution in [3.8, 4) is 0 Å². The number of amides is 1. The molecule has 0 saturated carbocycles. The lowest BCUT2D eigenvalue weighted by Gasteiger charge is -2.38. The summed E-state index contributed by atoms with van der Waals surface area (Å²) in [6, 6.07) is 1.91. The minimum Gasteiger partial charge on any atom is -0.356 e. The van der Waals surface area contributed by atoms with E-state index < -0.39 is 5.92 Å². The van der Waals surface area contributed by atoms with Gasteiger partial charge in [-0.25, -0.2) is 18.7 Å². The van der Waals surface area contributed by atoms with Crippen molar-refractivity contribution in [1.82, 2.24) is 14.9 Å². The Morgan fingerprint density at radius 3 is 2.70 bits per heavy atom. The first-order chi connectivity index (χ1) is 10.9. The van der Waals surface area contributed by atoms with Gasteiger partial charge >= 0.3 is 0 Å². The third-order valence-corrected chi connectivity index (χ3v) is 4.69. The molecule has 2 aliphatic heterocycles. The monoisotopic (exact) mass is 324 g/mol. The second-order valence-electron chi connectivity index (χ2n) is 6.48. The van der Waals surface area contributed by atoms with Gasteiger partial charge in [-0.05, 0) is 19.8 Å². The molecule has 3 rings (SSSR count). The van der Waals surface area contributed by atoms with Crippen LogP contribution >= 0.6 is 0 Å². The smallest absolute Gasteiger partial charge is 0.251 e. The fourth-order valence-corrected chi connectivity index (χ4v) is 3.31. The predicted molar refractivity (Wildman–Crippen MR) is 82.5 cm³/mol. The highest BCUT2D eigenvalue weighted by molar-refractivity contribution is 5.79. The van der Waals surface area contributed by atoms with Crippen LogP contribution in [0.2, 0.25) is 0 Å². The van der Waals surface area contributed by atoms with Crippen molar-refractivity contribution in [3.05, 3.63) is 18.1 Å². The standard InChI is InChI=1S/C16H22F2N4O/c1-12-9-14(20-11-19-12)22-6-2-3-13(10-22)15(23)21-7-4-16(17,18)5-8-21/h9,11,13H,2-8,10H2,1H3. The summed E-state index contributed by atoms with van der Waals surface area (Å²) in [5, 5.41) is 0. The van der Waals surface area contributed by atoms with Crippen LogP contribution in [0, 0.1) is 12.8 Å². The van der Waals surface area contributed by atoms with Crippen LogP contribution in [0.15, 0.2) is 12.4 Å². The van der Waals surface area contributed by atoms with E-state index >= 15 is 0 Å². The maximum Gasteiger partial charge on any atom is 0.251 e. The SMILES string of the molecule is Cc1cc(N2CCCC(C(=O)N3CCC(F)(F)CC3)C2)ncn1. The normalized spacial score (nSPS) is 24.6. The van der Waals surface area contributed by atoms with Gasteiger partial charge in [-0.2, -0.15) is 0 Å². The summed E-state index contributed by atoms with van der Waals surface area (Å²) in [5.41, 5.74) is 0.890. The molecule has 0 spiro atoms. The number of rotatable bonds is 2. The molecule has 2 aliphatic rings. The van der Waals surface area contributed by atoms with Crippen LogP contribution in [0.4, 0.5) is 14.6 Å². The van der Waals surface area contributed by atoms with Gasteiger partial charge in [0, 0.05) is 50.8 Å². The number of hydrogen-bond donors (Lipinski definition) is 0. The lowest BCUT2D eigenvalue weighted by Crippen LogP contribution is -2.49. The van der Waals surface area contributed by atoms with Gasteiger partial charge in [0.25, 0.3) is 5.92 Å². The molecule has 1 amide bonds. The zero-order chi connectivity index (χ0) is 16.4. The maximum atomic E-state index is 13.2. The largest absolute Gasteiger partial charge is 0.356 e. The summed E-state index contributed by atoms with van der Waals surface area (Å²) in [4.78, 5) is 24.7. The van der Waals surface area contributed by atoms with Gasteiger partial charge in [-0.3, -0.25) is 4.79 Å². The van der Waals surface area contributed by atoms with E-state index in [-0.39, 0.29) is 37.8 Å². The highest BCUT2D eigenvalue weighted by Gasteiger charge is 2.38. The molecule has 3 heterocycles. The second-order valence-corrected chi connectivity index (χ2v) is 6.48. The molecule has 1 unspecified atom stereocenters. The molecule has 0 N–H and O–H groups in total. The first-order valence-electron chi connectivity index (χ1n) is 8.15. The quantitative estimate of drug-likeness (QED) is 0.837. The lowest BCUT2D eigenvalue weighted by atomic mass is 9.95. The number of carbonyl (C=O) groups is 1. The minimum absolute atomic E-state index is 0.0102. The van der Waals surface area contributed by atoms with Crippen molar-refractivity contribution in [2.24, 2.45) is 5.92 Å². The van der Waals surface area contributed by atoms with Crippen LogP contribution < -0.4 is 4.90 Å². The summed E-state index contributed by atoms with van der Waals surface area (Å²) < 4.78 is 26.5. The fraction of sp³-hybridized carbons (Fsp3) is 0.688. The Labute approximate surface area is 134 Å². The van der Waals surface area contributed by atoms with Crippen LogP contribution in [-0.4, -0.2) is 52.9 Å². The molecule has 0 aromatic carbocycles. The van der Waals surface area contributed by atoms with Crippen molar-refractivity contribution < 1.29 is 13.6 Å². The molecule has 0 bridgehead atoms. The number of nitrogens with zero attached hydrogens (tertiary/aromatic N) is 4. The van der Waals surface area contributed by atoms with E-state index in [0.717, 1.165) is 30.9 Å². The van der Waals surface area contributed by atoms with Crippen molar-refractivity contribution >= 4 is 11.7 Å². The molecule has 1 aromatic rings. The number of hydrogen-bond acceptors (Lipinski definition) is 4. The molecular weight excluding hydrogens is 302 g/mol. The number of likely N-dealkylation sites (tertiary alicyclic amines) is 1. The van der Waals surface area contributed by atoms with Gasteiger partial charge in [-0.15, -0.1) is 0 Å². The molecular formula is C16H22F2N4O. The summed E-state index contributed by atoms with van der Waals surface area (Å²) in [5.74, 6) is -1.91. The summed E-state index contributed by atoms with van der Waals surface area (Å²) in [6.07, 6.45) is 2.80. The van der Waals surface area contributed by atoms with E-state index in [1.54, 1.807) is 4.90 Å². The topological polar surface area (TPSA) is 49.3 Å². The van der Waals surface area contributed by atoms with Crippen LogP contribution in [0.1, 0.15) is 31.4 Å². The number of piperidine rings is 2. The van der Waals surface area contributed by atoms with E-state index in [0.29, 0.717) is 6.54 Å². The average molecular weight is 324 g/mol. The first kappa shape index (κ1) is 16.1. The van der Waals surface area contributed by atoms with Crippen LogP contribution in [0.5, 0.6) is 0 Å². The Morgan fingerprint density at radius 2 is 2.00 bits per heavy atom. The van der Waals surface area contributed by atoms with E-state index in [1.807, 2.05) is 13.0 Å². The molecule has 2 saturated heterocycles. The van der Waals surface area contributed by atoms with Crippen molar-refractivity contribution in [1.29, 1.82) is 0 Å². The number of anilines is 1. The molecule has 23 heavy (non-hydrogen) atoms. The zero-order valence-electron chi connectivity index (χ0n) is 13.3. The van der Waals surface area contributed by atoms with Gasteiger partial charge in [0.15, 0.2) is 0 Å². The number of aromatic nitrogens is 2. The van der Waals surface area contributed by atoms with Gasteiger partial charge in [0.2, 0.25) is 5.91 Å². The van der Waals surface area contributed by atoms with E-state index in [4.69, 9.17) is 0 Å². The van der Waals surface area contributed by atoms with Gasteiger partial charge in [0.1, 0.15) is 12.1 Å². The average Bonchev–Trinajstić information content (AvgIpc) is 2.54. The maximum absolute atomic E-state index is 13.2. The van der Waals surface area contributed by atoms with E-state index in [2.05, 4.69) is 14.9 Å².